The van der Waals surface area contributed by atoms with E-state index in [9.17, 15) is 8.42 Å². The number of rotatable bonds is 4. The fourth-order valence-corrected chi connectivity index (χ4v) is 3.17. The van der Waals surface area contributed by atoms with Crippen LogP contribution in [0.3, 0.4) is 0 Å². The lowest BCUT2D eigenvalue weighted by molar-refractivity contribution is 0.341. The molecule has 0 aliphatic carbocycles. The van der Waals surface area contributed by atoms with Crippen molar-refractivity contribution in [2.45, 2.75) is 32.7 Å². The van der Waals surface area contributed by atoms with Crippen molar-refractivity contribution in [3.63, 3.8) is 0 Å². The van der Waals surface area contributed by atoms with Crippen molar-refractivity contribution >= 4 is 10.2 Å². The van der Waals surface area contributed by atoms with Crippen LogP contribution in [0.15, 0.2) is 12.3 Å². The maximum Gasteiger partial charge on any atom is 0.279 e. The van der Waals surface area contributed by atoms with Gasteiger partial charge in [-0.3, -0.25) is 0 Å². The summed E-state index contributed by atoms with van der Waals surface area (Å²) in [6, 6.07) is 1.78. The van der Waals surface area contributed by atoms with Crippen molar-refractivity contribution in [3.05, 3.63) is 23.8 Å². The molecule has 1 aliphatic heterocycles. The minimum Gasteiger partial charge on any atom is -0.240 e. The van der Waals surface area contributed by atoms with Crippen molar-refractivity contribution in [1.82, 2.24) is 19.0 Å². The molecule has 0 spiro atoms. The van der Waals surface area contributed by atoms with Crippen LogP contribution < -0.4 is 4.72 Å². The number of aryl methyl sites for hydroxylation is 1. The molecule has 0 atom stereocenters. The van der Waals surface area contributed by atoms with Gasteiger partial charge in [0.05, 0.1) is 6.54 Å². The standard InChI is InChI=1S/C11H18N4O2S/c1-10-5-6-12-11(14-10)9-13-18(16,17)15-7-3-2-4-8-15/h5-6,13H,2-4,7-9H2,1H3. The van der Waals surface area contributed by atoms with Crippen LogP contribution in [0.25, 0.3) is 0 Å². The van der Waals surface area contributed by atoms with Gasteiger partial charge in [-0.1, -0.05) is 6.42 Å². The first-order valence-corrected chi connectivity index (χ1v) is 7.55. The molecule has 1 aromatic heterocycles. The Labute approximate surface area is 108 Å². The van der Waals surface area contributed by atoms with Gasteiger partial charge in [0.15, 0.2) is 0 Å². The molecule has 2 heterocycles. The van der Waals surface area contributed by atoms with Crippen molar-refractivity contribution in [1.29, 1.82) is 0 Å². The molecule has 0 aromatic carbocycles. The van der Waals surface area contributed by atoms with Crippen LogP contribution in [-0.2, 0) is 16.8 Å². The van der Waals surface area contributed by atoms with E-state index in [1.165, 1.54) is 4.31 Å². The van der Waals surface area contributed by atoms with Gasteiger partial charge in [-0.05, 0) is 25.8 Å². The van der Waals surface area contributed by atoms with E-state index in [1.54, 1.807) is 12.3 Å². The van der Waals surface area contributed by atoms with E-state index in [2.05, 4.69) is 14.7 Å². The maximum atomic E-state index is 12.0. The summed E-state index contributed by atoms with van der Waals surface area (Å²) in [5.41, 5.74) is 0.831. The number of hydrogen-bond acceptors (Lipinski definition) is 4. The minimum atomic E-state index is -3.39. The molecule has 0 bridgehead atoms. The first-order chi connectivity index (χ1) is 8.58. The van der Waals surface area contributed by atoms with E-state index in [1.807, 2.05) is 6.92 Å². The Morgan fingerprint density at radius 3 is 2.72 bits per heavy atom. The Hall–Kier alpha value is -1.05. The zero-order chi connectivity index (χ0) is 13.0. The molecule has 1 fully saturated rings. The normalized spacial score (nSPS) is 17.8. The molecule has 1 N–H and O–H groups in total. The lowest BCUT2D eigenvalue weighted by Gasteiger charge is -2.25. The molecular weight excluding hydrogens is 252 g/mol. The molecule has 0 unspecified atom stereocenters. The highest BCUT2D eigenvalue weighted by Gasteiger charge is 2.23. The third kappa shape index (κ3) is 3.47. The average molecular weight is 270 g/mol. The van der Waals surface area contributed by atoms with Gasteiger partial charge in [0.1, 0.15) is 5.82 Å². The van der Waals surface area contributed by atoms with E-state index in [0.29, 0.717) is 18.9 Å². The van der Waals surface area contributed by atoms with Crippen molar-refractivity contribution < 1.29 is 8.42 Å². The number of nitrogens with one attached hydrogen (secondary N) is 1. The van der Waals surface area contributed by atoms with E-state index in [0.717, 1.165) is 25.0 Å². The highest BCUT2D eigenvalue weighted by Crippen LogP contribution is 2.11. The Morgan fingerprint density at radius 1 is 1.33 bits per heavy atom. The smallest absolute Gasteiger partial charge is 0.240 e. The van der Waals surface area contributed by atoms with Crippen molar-refractivity contribution in [3.8, 4) is 0 Å². The van der Waals surface area contributed by atoms with Crippen LogP contribution in [-0.4, -0.2) is 35.8 Å². The van der Waals surface area contributed by atoms with E-state index in [4.69, 9.17) is 0 Å². The molecule has 100 valence electrons. The number of nitrogens with zero attached hydrogens (tertiary/aromatic N) is 3. The highest BCUT2D eigenvalue weighted by molar-refractivity contribution is 7.87. The Balaban J connectivity index is 1.96. The van der Waals surface area contributed by atoms with Gasteiger partial charge in [-0.25, -0.2) is 9.97 Å². The summed E-state index contributed by atoms with van der Waals surface area (Å²) < 4.78 is 28.0. The van der Waals surface area contributed by atoms with Crippen LogP contribution in [0.2, 0.25) is 0 Å². The fraction of sp³-hybridized carbons (Fsp3) is 0.636. The second kappa shape index (κ2) is 5.73. The van der Waals surface area contributed by atoms with Crippen LogP contribution >= 0.6 is 0 Å². The summed E-state index contributed by atoms with van der Waals surface area (Å²) >= 11 is 0. The molecule has 0 amide bonds. The second-order valence-corrected chi connectivity index (χ2v) is 6.16. The molecule has 7 heteroatoms. The third-order valence-electron chi connectivity index (χ3n) is 2.91. The summed E-state index contributed by atoms with van der Waals surface area (Å²) in [5, 5.41) is 0. The Morgan fingerprint density at radius 2 is 2.06 bits per heavy atom. The van der Waals surface area contributed by atoms with Gasteiger partial charge >= 0.3 is 0 Å². The molecule has 6 nitrogen and oxygen atoms in total. The summed E-state index contributed by atoms with van der Waals surface area (Å²) in [4.78, 5) is 8.20. The van der Waals surface area contributed by atoms with Crippen LogP contribution in [0.4, 0.5) is 0 Å². The topological polar surface area (TPSA) is 75.2 Å². The highest BCUT2D eigenvalue weighted by atomic mass is 32.2. The van der Waals surface area contributed by atoms with Crippen LogP contribution in [0.1, 0.15) is 30.8 Å². The first-order valence-electron chi connectivity index (χ1n) is 6.11. The van der Waals surface area contributed by atoms with Gasteiger partial charge in [0.25, 0.3) is 10.2 Å². The number of hydrogen-bond donors (Lipinski definition) is 1. The summed E-state index contributed by atoms with van der Waals surface area (Å²) in [5.74, 6) is 0.496. The minimum absolute atomic E-state index is 0.139. The SMILES string of the molecule is Cc1ccnc(CNS(=O)(=O)N2CCCCC2)n1. The zero-order valence-electron chi connectivity index (χ0n) is 10.5. The molecule has 0 saturated carbocycles. The van der Waals surface area contributed by atoms with E-state index in [-0.39, 0.29) is 6.54 Å². The van der Waals surface area contributed by atoms with E-state index < -0.39 is 10.2 Å². The molecule has 1 saturated heterocycles. The molecule has 1 aliphatic rings. The van der Waals surface area contributed by atoms with Gasteiger partial charge < -0.3 is 0 Å². The Kier molecular flexibility index (Phi) is 4.26. The van der Waals surface area contributed by atoms with Gasteiger partial charge in [-0.15, -0.1) is 0 Å². The van der Waals surface area contributed by atoms with Crippen LogP contribution in [0, 0.1) is 6.92 Å². The van der Waals surface area contributed by atoms with Gasteiger partial charge in [0, 0.05) is 25.0 Å². The van der Waals surface area contributed by atoms with Crippen molar-refractivity contribution in [2.75, 3.05) is 13.1 Å². The summed E-state index contributed by atoms with van der Waals surface area (Å²) in [6.07, 6.45) is 4.60. The monoisotopic (exact) mass is 270 g/mol. The average Bonchev–Trinajstić information content (AvgIpc) is 2.38. The zero-order valence-corrected chi connectivity index (χ0v) is 11.3. The lowest BCUT2D eigenvalue weighted by atomic mass is 10.2. The summed E-state index contributed by atoms with van der Waals surface area (Å²) in [6.45, 7) is 3.19. The molecule has 1 aromatic rings. The lowest BCUT2D eigenvalue weighted by Crippen LogP contribution is -2.43. The fourth-order valence-electron chi connectivity index (χ4n) is 1.94. The van der Waals surface area contributed by atoms with Crippen molar-refractivity contribution in [2.24, 2.45) is 0 Å². The van der Waals surface area contributed by atoms with Gasteiger partial charge in [0.2, 0.25) is 0 Å². The maximum absolute atomic E-state index is 12.0. The Bertz CT molecular complexity index is 498. The van der Waals surface area contributed by atoms with E-state index >= 15 is 0 Å². The molecule has 0 radical (unpaired) electrons. The third-order valence-corrected chi connectivity index (χ3v) is 4.47. The molecule has 18 heavy (non-hydrogen) atoms. The molecule has 2 rings (SSSR count). The number of piperidine rings is 1. The van der Waals surface area contributed by atoms with Crippen LogP contribution in [0.5, 0.6) is 0 Å². The predicted octanol–water partition coefficient (Wildman–Crippen LogP) is 0.605. The summed E-state index contributed by atoms with van der Waals surface area (Å²) in [7, 11) is -3.39. The predicted molar refractivity (Wildman–Crippen MR) is 68.0 cm³/mol. The molecular formula is C11H18N4O2S. The number of aromatic nitrogens is 2. The quantitative estimate of drug-likeness (QED) is 0.869. The first kappa shape index (κ1) is 13.4. The van der Waals surface area contributed by atoms with Gasteiger partial charge in [-0.2, -0.15) is 17.4 Å². The largest absolute Gasteiger partial charge is 0.279 e. The second-order valence-electron chi connectivity index (χ2n) is 4.40.